The van der Waals surface area contributed by atoms with E-state index in [4.69, 9.17) is 4.74 Å². The van der Waals surface area contributed by atoms with Crippen molar-refractivity contribution in [2.24, 2.45) is 5.10 Å². The molecule has 0 spiro atoms. The zero-order valence-corrected chi connectivity index (χ0v) is 14.3. The standard InChI is InChI=1S/C19H18N6O/c1-2-11-26-15-9-7-14(8-10-15)12-20-22-18-16-5-3-4-6-17(16)19-23-21-13-25(19)24-18/h3-10,12-13H,2,11H2,1H3,(H,22,24)/b20-12-. The van der Waals surface area contributed by atoms with E-state index in [1.54, 1.807) is 17.1 Å². The van der Waals surface area contributed by atoms with Gasteiger partial charge in [-0.25, -0.2) is 0 Å². The Labute approximate surface area is 150 Å². The van der Waals surface area contributed by atoms with Gasteiger partial charge in [0, 0.05) is 10.8 Å². The van der Waals surface area contributed by atoms with E-state index in [2.05, 4.69) is 32.7 Å². The van der Waals surface area contributed by atoms with E-state index in [1.807, 2.05) is 48.5 Å². The third-order valence-electron chi connectivity index (χ3n) is 3.90. The molecule has 0 saturated heterocycles. The molecule has 2 heterocycles. The van der Waals surface area contributed by atoms with Gasteiger partial charge in [-0.1, -0.05) is 31.2 Å². The lowest BCUT2D eigenvalue weighted by Crippen LogP contribution is -2.00. The van der Waals surface area contributed by atoms with Gasteiger partial charge >= 0.3 is 0 Å². The van der Waals surface area contributed by atoms with Gasteiger partial charge < -0.3 is 4.74 Å². The Hall–Kier alpha value is -3.48. The van der Waals surface area contributed by atoms with E-state index < -0.39 is 0 Å². The fourth-order valence-electron chi connectivity index (χ4n) is 2.65. The average Bonchev–Trinajstić information content (AvgIpc) is 3.16. The highest BCUT2D eigenvalue weighted by Crippen LogP contribution is 2.23. The predicted octanol–water partition coefficient (Wildman–Crippen LogP) is 3.51. The molecule has 0 bridgehead atoms. The van der Waals surface area contributed by atoms with Gasteiger partial charge in [0.25, 0.3) is 0 Å². The molecule has 0 aliphatic rings. The van der Waals surface area contributed by atoms with Crippen LogP contribution in [0.3, 0.4) is 0 Å². The van der Waals surface area contributed by atoms with Gasteiger partial charge in [0.1, 0.15) is 12.1 Å². The molecule has 0 radical (unpaired) electrons. The largest absolute Gasteiger partial charge is 0.494 e. The molecular weight excluding hydrogens is 328 g/mol. The molecule has 7 nitrogen and oxygen atoms in total. The number of hydrazone groups is 1. The van der Waals surface area contributed by atoms with Crippen LogP contribution < -0.4 is 10.2 Å². The summed E-state index contributed by atoms with van der Waals surface area (Å²) in [5.41, 5.74) is 4.71. The summed E-state index contributed by atoms with van der Waals surface area (Å²) in [5, 5.41) is 18.7. The van der Waals surface area contributed by atoms with Crippen molar-refractivity contribution >= 4 is 28.5 Å². The van der Waals surface area contributed by atoms with Crippen LogP contribution in [-0.2, 0) is 0 Å². The van der Waals surface area contributed by atoms with Crippen molar-refractivity contribution in [3.8, 4) is 5.75 Å². The maximum absolute atomic E-state index is 5.58. The van der Waals surface area contributed by atoms with Gasteiger partial charge in [-0.2, -0.15) is 9.62 Å². The number of hydrogen-bond donors (Lipinski definition) is 1. The summed E-state index contributed by atoms with van der Waals surface area (Å²) in [6, 6.07) is 15.7. The quantitative estimate of drug-likeness (QED) is 0.427. The van der Waals surface area contributed by atoms with Gasteiger partial charge in [-0.3, -0.25) is 5.43 Å². The van der Waals surface area contributed by atoms with E-state index in [0.717, 1.165) is 40.8 Å². The second-order valence-electron chi connectivity index (χ2n) is 5.78. The normalized spacial score (nSPS) is 11.4. The smallest absolute Gasteiger partial charge is 0.185 e. The first-order chi connectivity index (χ1) is 12.8. The number of ether oxygens (including phenoxy) is 1. The summed E-state index contributed by atoms with van der Waals surface area (Å²) in [7, 11) is 0. The number of rotatable bonds is 6. The summed E-state index contributed by atoms with van der Waals surface area (Å²) < 4.78 is 7.22. The Kier molecular flexibility index (Phi) is 4.42. The molecule has 0 saturated carbocycles. The number of benzene rings is 2. The minimum absolute atomic E-state index is 0.645. The first kappa shape index (κ1) is 16.0. The zero-order chi connectivity index (χ0) is 17.8. The number of aromatic nitrogens is 4. The molecular formula is C19H18N6O. The average molecular weight is 346 g/mol. The first-order valence-corrected chi connectivity index (χ1v) is 8.46. The first-order valence-electron chi connectivity index (χ1n) is 8.46. The molecule has 0 unspecified atom stereocenters. The third-order valence-corrected chi connectivity index (χ3v) is 3.90. The van der Waals surface area contributed by atoms with E-state index >= 15 is 0 Å². The summed E-state index contributed by atoms with van der Waals surface area (Å²) in [6.07, 6.45) is 4.31. The van der Waals surface area contributed by atoms with Gasteiger partial charge in [-0.15, -0.1) is 15.3 Å². The number of nitrogens with zero attached hydrogens (tertiary/aromatic N) is 5. The van der Waals surface area contributed by atoms with Crippen LogP contribution in [0.4, 0.5) is 5.82 Å². The van der Waals surface area contributed by atoms with Crippen molar-refractivity contribution < 1.29 is 4.74 Å². The Morgan fingerprint density at radius 2 is 1.92 bits per heavy atom. The highest BCUT2D eigenvalue weighted by Gasteiger charge is 2.08. The van der Waals surface area contributed by atoms with Crippen LogP contribution in [0.15, 0.2) is 60.0 Å². The lowest BCUT2D eigenvalue weighted by molar-refractivity contribution is 0.317. The second-order valence-corrected chi connectivity index (χ2v) is 5.78. The van der Waals surface area contributed by atoms with Crippen LogP contribution in [0.5, 0.6) is 5.75 Å². The van der Waals surface area contributed by atoms with Crippen molar-refractivity contribution in [2.45, 2.75) is 13.3 Å². The van der Waals surface area contributed by atoms with Crippen molar-refractivity contribution in [1.82, 2.24) is 19.8 Å². The SMILES string of the molecule is CCCOc1ccc(/C=N\Nc2nn3cnnc3c3ccccc23)cc1. The summed E-state index contributed by atoms with van der Waals surface area (Å²) in [6.45, 7) is 2.81. The Morgan fingerprint density at radius 3 is 2.73 bits per heavy atom. The van der Waals surface area contributed by atoms with E-state index in [1.165, 1.54) is 0 Å². The summed E-state index contributed by atoms with van der Waals surface area (Å²) >= 11 is 0. The van der Waals surface area contributed by atoms with E-state index in [0.29, 0.717) is 5.82 Å². The molecule has 0 aliphatic carbocycles. The predicted molar refractivity (Wildman–Crippen MR) is 102 cm³/mol. The number of anilines is 1. The van der Waals surface area contributed by atoms with E-state index in [9.17, 15) is 0 Å². The lowest BCUT2D eigenvalue weighted by atomic mass is 10.2. The summed E-state index contributed by atoms with van der Waals surface area (Å²) in [5.74, 6) is 1.51. The van der Waals surface area contributed by atoms with Gasteiger partial charge in [-0.05, 0) is 36.2 Å². The monoisotopic (exact) mass is 346 g/mol. The van der Waals surface area contributed by atoms with Crippen LogP contribution in [0.25, 0.3) is 16.4 Å². The van der Waals surface area contributed by atoms with Crippen LogP contribution in [0.2, 0.25) is 0 Å². The highest BCUT2D eigenvalue weighted by molar-refractivity contribution is 5.99. The molecule has 2 aromatic carbocycles. The van der Waals surface area contributed by atoms with Crippen LogP contribution in [-0.4, -0.2) is 32.6 Å². The molecule has 26 heavy (non-hydrogen) atoms. The number of hydrogen-bond acceptors (Lipinski definition) is 6. The fraction of sp³-hybridized carbons (Fsp3) is 0.158. The Bertz CT molecular complexity index is 1050. The van der Waals surface area contributed by atoms with Crippen molar-refractivity contribution in [2.75, 3.05) is 12.0 Å². The molecule has 1 N–H and O–H groups in total. The van der Waals surface area contributed by atoms with Crippen molar-refractivity contribution in [3.63, 3.8) is 0 Å². The second kappa shape index (κ2) is 7.18. The highest BCUT2D eigenvalue weighted by atomic mass is 16.5. The molecule has 130 valence electrons. The summed E-state index contributed by atoms with van der Waals surface area (Å²) in [4.78, 5) is 0. The van der Waals surface area contributed by atoms with Gasteiger partial charge in [0.2, 0.25) is 0 Å². The Balaban J connectivity index is 1.56. The minimum Gasteiger partial charge on any atom is -0.494 e. The molecule has 0 atom stereocenters. The van der Waals surface area contributed by atoms with Crippen LogP contribution >= 0.6 is 0 Å². The molecule has 0 aliphatic heterocycles. The van der Waals surface area contributed by atoms with Crippen LogP contribution in [0, 0.1) is 0 Å². The van der Waals surface area contributed by atoms with Gasteiger partial charge in [0.05, 0.1) is 12.8 Å². The topological polar surface area (TPSA) is 76.7 Å². The van der Waals surface area contributed by atoms with Crippen molar-refractivity contribution in [1.29, 1.82) is 0 Å². The zero-order valence-electron chi connectivity index (χ0n) is 14.3. The number of nitrogens with one attached hydrogen (secondary N) is 1. The van der Waals surface area contributed by atoms with E-state index in [-0.39, 0.29) is 0 Å². The third kappa shape index (κ3) is 3.19. The van der Waals surface area contributed by atoms with Crippen LogP contribution in [0.1, 0.15) is 18.9 Å². The molecule has 4 rings (SSSR count). The van der Waals surface area contributed by atoms with Gasteiger partial charge in [0.15, 0.2) is 11.5 Å². The minimum atomic E-state index is 0.645. The Morgan fingerprint density at radius 1 is 1.12 bits per heavy atom. The van der Waals surface area contributed by atoms with Crippen molar-refractivity contribution in [3.05, 3.63) is 60.4 Å². The molecule has 2 aromatic heterocycles. The maximum Gasteiger partial charge on any atom is 0.185 e. The molecule has 4 aromatic rings. The number of fused-ring (bicyclic) bond motifs is 3. The fourth-order valence-corrected chi connectivity index (χ4v) is 2.65. The molecule has 0 fully saturated rings. The molecule has 0 amide bonds. The lowest BCUT2D eigenvalue weighted by Gasteiger charge is -2.06. The maximum atomic E-state index is 5.58. The molecule has 7 heteroatoms.